The predicted octanol–water partition coefficient (Wildman–Crippen LogP) is 2.39. The summed E-state index contributed by atoms with van der Waals surface area (Å²) in [6.07, 6.45) is 2.54. The fourth-order valence-electron chi connectivity index (χ4n) is 3.10. The van der Waals surface area contributed by atoms with E-state index in [-0.39, 0.29) is 5.91 Å². The molecule has 1 saturated heterocycles. The number of benzene rings is 1. The Hall–Kier alpha value is -1.55. The third-order valence-corrected chi connectivity index (χ3v) is 4.64. The molecule has 3 rings (SSSR count). The van der Waals surface area contributed by atoms with E-state index in [1.165, 1.54) is 19.5 Å². The van der Waals surface area contributed by atoms with E-state index in [0.717, 1.165) is 42.8 Å². The van der Waals surface area contributed by atoms with Gasteiger partial charge in [-0.2, -0.15) is 0 Å². The van der Waals surface area contributed by atoms with E-state index in [4.69, 9.17) is 4.74 Å². The highest BCUT2D eigenvalue weighted by Crippen LogP contribution is 2.44. The molecule has 1 heterocycles. The number of anilines is 1. The summed E-state index contributed by atoms with van der Waals surface area (Å²) in [6, 6.07) is 7.70. The summed E-state index contributed by atoms with van der Waals surface area (Å²) in [6.45, 7) is 6.08. The molecule has 0 N–H and O–H groups in total. The molecule has 4 nitrogen and oxygen atoms in total. The maximum absolute atomic E-state index is 11.3. The number of hydrogen-bond donors (Lipinski definition) is 0. The van der Waals surface area contributed by atoms with Crippen LogP contribution in [-0.2, 0) is 4.79 Å². The van der Waals surface area contributed by atoms with Crippen LogP contribution in [-0.4, -0.2) is 44.1 Å². The Morgan fingerprint density at radius 2 is 1.95 bits per heavy atom. The Labute approximate surface area is 126 Å². The summed E-state index contributed by atoms with van der Waals surface area (Å²) < 4.78 is 5.77. The van der Waals surface area contributed by atoms with Crippen molar-refractivity contribution in [1.82, 2.24) is 4.90 Å². The van der Waals surface area contributed by atoms with Gasteiger partial charge in [-0.05, 0) is 48.9 Å². The first-order valence-electron chi connectivity index (χ1n) is 7.83. The van der Waals surface area contributed by atoms with Crippen molar-refractivity contribution in [3.63, 3.8) is 0 Å². The van der Waals surface area contributed by atoms with Crippen LogP contribution < -0.4 is 9.64 Å². The SMILES string of the molecule is CC(=O)N(C)c1ccc(OCCCN2C[C@H]3C[C@H]3C2)cc1. The van der Waals surface area contributed by atoms with Crippen LogP contribution in [0.4, 0.5) is 5.69 Å². The monoisotopic (exact) mass is 288 g/mol. The fourth-order valence-corrected chi connectivity index (χ4v) is 3.10. The molecule has 114 valence electrons. The number of fused-ring (bicyclic) bond motifs is 1. The number of amides is 1. The summed E-state index contributed by atoms with van der Waals surface area (Å²) in [4.78, 5) is 15.5. The number of rotatable bonds is 6. The van der Waals surface area contributed by atoms with Gasteiger partial charge in [-0.3, -0.25) is 4.79 Å². The number of ether oxygens (including phenoxy) is 1. The molecule has 4 heteroatoms. The van der Waals surface area contributed by atoms with Crippen molar-refractivity contribution >= 4 is 11.6 Å². The molecule has 2 atom stereocenters. The number of piperidine rings is 1. The zero-order valence-corrected chi connectivity index (χ0v) is 12.9. The quantitative estimate of drug-likeness (QED) is 0.754. The topological polar surface area (TPSA) is 32.8 Å². The Balaban J connectivity index is 1.38. The molecule has 0 radical (unpaired) electrons. The van der Waals surface area contributed by atoms with E-state index in [0.29, 0.717) is 0 Å². The molecule has 0 aromatic heterocycles. The van der Waals surface area contributed by atoms with Crippen molar-refractivity contribution in [2.75, 3.05) is 38.2 Å². The minimum Gasteiger partial charge on any atom is -0.494 e. The van der Waals surface area contributed by atoms with Crippen molar-refractivity contribution in [3.05, 3.63) is 24.3 Å². The van der Waals surface area contributed by atoms with Crippen molar-refractivity contribution in [2.45, 2.75) is 19.8 Å². The molecule has 21 heavy (non-hydrogen) atoms. The van der Waals surface area contributed by atoms with Gasteiger partial charge in [-0.25, -0.2) is 0 Å². The summed E-state index contributed by atoms with van der Waals surface area (Å²) >= 11 is 0. The van der Waals surface area contributed by atoms with Gasteiger partial charge in [0.25, 0.3) is 0 Å². The van der Waals surface area contributed by atoms with Gasteiger partial charge >= 0.3 is 0 Å². The number of carbonyl (C=O) groups excluding carboxylic acids is 1. The van der Waals surface area contributed by atoms with Crippen LogP contribution in [0.1, 0.15) is 19.8 Å². The lowest BCUT2D eigenvalue weighted by molar-refractivity contribution is -0.116. The largest absolute Gasteiger partial charge is 0.494 e. The molecule has 1 aromatic carbocycles. The van der Waals surface area contributed by atoms with Crippen LogP contribution in [0.5, 0.6) is 5.75 Å². The molecule has 2 fully saturated rings. The highest BCUT2D eigenvalue weighted by Gasteiger charge is 2.44. The number of carbonyl (C=O) groups is 1. The van der Waals surface area contributed by atoms with Crippen molar-refractivity contribution in [3.8, 4) is 5.75 Å². The number of likely N-dealkylation sites (tertiary alicyclic amines) is 1. The summed E-state index contributed by atoms with van der Waals surface area (Å²) in [5, 5.41) is 0. The zero-order valence-electron chi connectivity index (χ0n) is 12.9. The van der Waals surface area contributed by atoms with Gasteiger partial charge in [0.1, 0.15) is 5.75 Å². The smallest absolute Gasteiger partial charge is 0.223 e. The number of hydrogen-bond acceptors (Lipinski definition) is 3. The Morgan fingerprint density at radius 1 is 1.29 bits per heavy atom. The van der Waals surface area contributed by atoms with Gasteiger partial charge in [0.2, 0.25) is 5.91 Å². The summed E-state index contributed by atoms with van der Waals surface area (Å²) in [5.74, 6) is 2.93. The maximum Gasteiger partial charge on any atom is 0.223 e. The maximum atomic E-state index is 11.3. The van der Waals surface area contributed by atoms with Crippen LogP contribution in [0.3, 0.4) is 0 Å². The van der Waals surface area contributed by atoms with Crippen LogP contribution in [0.25, 0.3) is 0 Å². The first kappa shape index (κ1) is 14.4. The van der Waals surface area contributed by atoms with Crippen molar-refractivity contribution < 1.29 is 9.53 Å². The van der Waals surface area contributed by atoms with E-state index < -0.39 is 0 Å². The van der Waals surface area contributed by atoms with Gasteiger partial charge in [-0.1, -0.05) is 0 Å². The third kappa shape index (κ3) is 3.56. The summed E-state index contributed by atoms with van der Waals surface area (Å²) in [7, 11) is 1.78. The van der Waals surface area contributed by atoms with Gasteiger partial charge in [-0.15, -0.1) is 0 Å². The highest BCUT2D eigenvalue weighted by molar-refractivity contribution is 5.90. The standard InChI is InChI=1S/C17H24N2O2/c1-13(20)18(2)16-4-6-17(7-5-16)21-9-3-8-19-11-14-10-15(14)12-19/h4-7,14-15H,3,8-12H2,1-2H3/t14-,15+. The Kier molecular flexibility index (Phi) is 4.15. The molecule has 1 amide bonds. The lowest BCUT2D eigenvalue weighted by atomic mass is 10.3. The molecular weight excluding hydrogens is 264 g/mol. The molecule has 0 spiro atoms. The lowest BCUT2D eigenvalue weighted by Crippen LogP contribution is -2.25. The zero-order chi connectivity index (χ0) is 14.8. The van der Waals surface area contributed by atoms with Crippen molar-refractivity contribution in [1.29, 1.82) is 0 Å². The van der Waals surface area contributed by atoms with Crippen molar-refractivity contribution in [2.24, 2.45) is 11.8 Å². The second-order valence-electron chi connectivity index (χ2n) is 6.29. The van der Waals surface area contributed by atoms with E-state index in [1.807, 2.05) is 24.3 Å². The summed E-state index contributed by atoms with van der Waals surface area (Å²) in [5.41, 5.74) is 0.895. The van der Waals surface area contributed by atoms with E-state index in [1.54, 1.807) is 18.9 Å². The minimum atomic E-state index is 0.0346. The van der Waals surface area contributed by atoms with Gasteiger partial charge in [0.05, 0.1) is 6.61 Å². The van der Waals surface area contributed by atoms with Gasteiger partial charge in [0, 0.05) is 39.3 Å². The van der Waals surface area contributed by atoms with E-state index >= 15 is 0 Å². The normalized spacial score (nSPS) is 23.7. The second kappa shape index (κ2) is 6.06. The predicted molar refractivity (Wildman–Crippen MR) is 83.7 cm³/mol. The molecular formula is C17H24N2O2. The first-order valence-corrected chi connectivity index (χ1v) is 7.83. The molecule has 2 aliphatic rings. The van der Waals surface area contributed by atoms with E-state index in [9.17, 15) is 4.79 Å². The Morgan fingerprint density at radius 3 is 2.57 bits per heavy atom. The fraction of sp³-hybridized carbons (Fsp3) is 0.588. The number of nitrogens with zero attached hydrogens (tertiary/aromatic N) is 2. The molecule has 1 saturated carbocycles. The van der Waals surface area contributed by atoms with Crippen LogP contribution in [0.15, 0.2) is 24.3 Å². The molecule has 1 aliphatic heterocycles. The van der Waals surface area contributed by atoms with Crippen LogP contribution in [0.2, 0.25) is 0 Å². The molecule has 0 bridgehead atoms. The Bertz CT molecular complexity index is 490. The van der Waals surface area contributed by atoms with E-state index in [2.05, 4.69) is 4.90 Å². The average Bonchev–Trinajstić information content (AvgIpc) is 3.10. The average molecular weight is 288 g/mol. The molecule has 1 aromatic rings. The molecule has 0 unspecified atom stereocenters. The molecule has 1 aliphatic carbocycles. The highest BCUT2D eigenvalue weighted by atomic mass is 16.5. The second-order valence-corrected chi connectivity index (χ2v) is 6.29. The van der Waals surface area contributed by atoms with Crippen LogP contribution in [0, 0.1) is 11.8 Å². The lowest BCUT2D eigenvalue weighted by Gasteiger charge is -2.17. The minimum absolute atomic E-state index is 0.0346. The van der Waals surface area contributed by atoms with Gasteiger partial charge < -0.3 is 14.5 Å². The van der Waals surface area contributed by atoms with Gasteiger partial charge in [0.15, 0.2) is 0 Å². The van der Waals surface area contributed by atoms with Crippen LogP contribution >= 0.6 is 0 Å². The third-order valence-electron chi connectivity index (χ3n) is 4.64. The first-order chi connectivity index (χ1) is 10.1.